The van der Waals surface area contributed by atoms with E-state index in [4.69, 9.17) is 41.4 Å². The van der Waals surface area contributed by atoms with Gasteiger partial charge in [-0.1, -0.05) is 0 Å². The molecular weight excluding hydrogens is 835 g/mol. The third kappa shape index (κ3) is 12.0. The summed E-state index contributed by atoms with van der Waals surface area (Å²) in [5.74, 6) is 1.31. The largest absolute Gasteiger partial charge is 0.457 e. The second kappa shape index (κ2) is 19.2. The quantitative estimate of drug-likeness (QED) is 0.208. The Labute approximate surface area is 347 Å². The molecule has 6 fully saturated rings. The summed E-state index contributed by atoms with van der Waals surface area (Å²) in [6, 6.07) is 0. The molecule has 22 nitrogen and oxygen atoms in total. The molecule has 25 heteroatoms. The fraction of sp³-hybridized carbons (Fsp3) is 0.912. The first-order valence-electron chi connectivity index (χ1n) is 20.2. The number of nitrogens with zero attached hydrogens (tertiary/aromatic N) is 9. The normalized spacial score (nSPS) is 31.1. The maximum Gasteiger partial charge on any atom is 0.457 e. The van der Waals surface area contributed by atoms with E-state index < -0.39 is 65.5 Å². The van der Waals surface area contributed by atoms with Crippen LogP contribution < -0.4 is 0 Å². The highest BCUT2D eigenvalue weighted by atomic mass is 31.2. The lowest BCUT2D eigenvalue weighted by atomic mass is 10.2. The van der Waals surface area contributed by atoms with Gasteiger partial charge in [-0.3, -0.25) is 27.1 Å². The van der Waals surface area contributed by atoms with Crippen molar-refractivity contribution >= 4 is 41.1 Å². The third-order valence-electron chi connectivity index (χ3n) is 10.6. The molecule has 0 aromatic heterocycles. The molecule has 0 aliphatic carbocycles. The van der Waals surface area contributed by atoms with E-state index in [9.17, 15) is 18.8 Å². The van der Waals surface area contributed by atoms with Crippen molar-refractivity contribution in [3.05, 3.63) is 0 Å². The molecule has 6 aliphatic rings. The first-order valence-corrected chi connectivity index (χ1v) is 24.7. The Morgan fingerprint density at radius 1 is 0.559 bits per heavy atom. The summed E-state index contributed by atoms with van der Waals surface area (Å²) in [6.07, 6.45) is -3.69. The summed E-state index contributed by atoms with van der Waals surface area (Å²) in [5, 5.41) is 9.85. The highest BCUT2D eigenvalue weighted by Gasteiger charge is 2.46. The predicted octanol–water partition coefficient (Wildman–Crippen LogP) is 2.37. The molecule has 9 atom stereocenters. The minimum atomic E-state index is -4.37. The van der Waals surface area contributed by atoms with Crippen molar-refractivity contribution in [2.45, 2.75) is 82.3 Å². The van der Waals surface area contributed by atoms with Crippen LogP contribution >= 0.6 is 23.2 Å². The van der Waals surface area contributed by atoms with E-state index in [1.165, 1.54) is 0 Å². The molecule has 0 aromatic carbocycles. The summed E-state index contributed by atoms with van der Waals surface area (Å²) in [6.45, 7) is 9.23. The number of hydrogen-bond donors (Lipinski definition) is 1. The topological polar surface area (TPSA) is 211 Å². The van der Waals surface area contributed by atoms with Gasteiger partial charge in [-0.15, -0.1) is 14.3 Å². The van der Waals surface area contributed by atoms with Gasteiger partial charge in [0.05, 0.1) is 43.7 Å². The van der Waals surface area contributed by atoms with Gasteiger partial charge in [-0.25, -0.2) is 13.7 Å². The number of hydrogen-bond acceptors (Lipinski definition) is 13. The molecule has 6 heterocycles. The smallest absolute Gasteiger partial charge is 0.394 e. The SMILES string of the molecule is CN1CCN(C)C1=NP(=O)(OCC1OCCC1OP(=O)(N=C1N(C)CCN1C)OCC1OCCC1OP(=O)(N=C1N(C)CCN1C)OC(C)(C)C)OC1CCOC1CO. The zero-order valence-electron chi connectivity index (χ0n) is 35.8. The molecule has 0 amide bonds. The van der Waals surface area contributed by atoms with Gasteiger partial charge in [0.1, 0.15) is 18.3 Å². The zero-order chi connectivity index (χ0) is 42.8. The molecule has 338 valence electrons. The average molecular weight is 900 g/mol. The molecule has 0 bridgehead atoms. The summed E-state index contributed by atoms with van der Waals surface area (Å²) in [4.78, 5) is 11.1. The fourth-order valence-corrected chi connectivity index (χ4v) is 12.5. The van der Waals surface area contributed by atoms with Crippen LogP contribution in [0.25, 0.3) is 0 Å². The van der Waals surface area contributed by atoms with Crippen molar-refractivity contribution in [2.24, 2.45) is 14.3 Å². The Morgan fingerprint density at radius 3 is 1.20 bits per heavy atom. The van der Waals surface area contributed by atoms with Crippen molar-refractivity contribution in [3.8, 4) is 0 Å². The highest BCUT2D eigenvalue weighted by Crippen LogP contribution is 2.58. The third-order valence-corrected chi connectivity index (χ3v) is 15.2. The van der Waals surface area contributed by atoms with Crippen LogP contribution in [0.15, 0.2) is 14.3 Å². The summed E-state index contributed by atoms with van der Waals surface area (Å²) >= 11 is 0. The van der Waals surface area contributed by atoms with E-state index in [1.54, 1.807) is 20.8 Å². The fourth-order valence-electron chi connectivity index (χ4n) is 7.32. The molecule has 6 rings (SSSR count). The molecule has 0 aromatic rings. The lowest BCUT2D eigenvalue weighted by Gasteiger charge is -2.29. The zero-order valence-corrected chi connectivity index (χ0v) is 38.5. The van der Waals surface area contributed by atoms with Crippen molar-refractivity contribution in [1.82, 2.24) is 29.4 Å². The molecule has 9 unspecified atom stereocenters. The number of aliphatic hydroxyl groups is 1. The van der Waals surface area contributed by atoms with Crippen LogP contribution in [0.2, 0.25) is 0 Å². The first-order chi connectivity index (χ1) is 27.8. The Bertz CT molecular complexity index is 1670. The summed E-state index contributed by atoms with van der Waals surface area (Å²) in [7, 11) is -1.69. The van der Waals surface area contributed by atoms with Gasteiger partial charge >= 0.3 is 23.2 Å². The van der Waals surface area contributed by atoms with E-state index in [1.807, 2.05) is 71.7 Å². The van der Waals surface area contributed by atoms with E-state index >= 15 is 0 Å². The summed E-state index contributed by atoms with van der Waals surface area (Å²) in [5.41, 5.74) is -0.855. The molecule has 6 saturated heterocycles. The van der Waals surface area contributed by atoms with Crippen LogP contribution in [0.1, 0.15) is 40.0 Å². The van der Waals surface area contributed by atoms with Gasteiger partial charge in [-0.05, 0) is 20.8 Å². The van der Waals surface area contributed by atoms with E-state index in [0.29, 0.717) is 83.0 Å². The molecule has 0 radical (unpaired) electrons. The van der Waals surface area contributed by atoms with Gasteiger partial charge in [0.2, 0.25) is 17.9 Å². The second-order valence-corrected chi connectivity index (χ2v) is 21.4. The number of guanidine groups is 3. The van der Waals surface area contributed by atoms with Crippen LogP contribution in [-0.4, -0.2) is 216 Å². The Morgan fingerprint density at radius 2 is 0.864 bits per heavy atom. The Hall–Kier alpha value is -1.90. The van der Waals surface area contributed by atoms with Crippen molar-refractivity contribution in [3.63, 3.8) is 0 Å². The molecule has 0 spiro atoms. The number of aliphatic hydroxyl groups excluding tert-OH is 1. The van der Waals surface area contributed by atoms with Gasteiger partial charge in [-0.2, -0.15) is 0 Å². The molecule has 59 heavy (non-hydrogen) atoms. The molecule has 1 N–H and O–H groups in total. The van der Waals surface area contributed by atoms with Crippen molar-refractivity contribution < 1.29 is 60.2 Å². The van der Waals surface area contributed by atoms with Crippen molar-refractivity contribution in [2.75, 3.05) is 121 Å². The first kappa shape index (κ1) is 46.6. The minimum absolute atomic E-state index is 0.223. The van der Waals surface area contributed by atoms with Gasteiger partial charge in [0, 0.05) is 121 Å². The maximum absolute atomic E-state index is 14.9. The molecule has 0 saturated carbocycles. The Balaban J connectivity index is 1.19. The van der Waals surface area contributed by atoms with Gasteiger partial charge in [0.15, 0.2) is 0 Å². The van der Waals surface area contributed by atoms with Crippen LogP contribution in [0.4, 0.5) is 0 Å². The average Bonchev–Trinajstić information content (AvgIpc) is 4.04. The minimum Gasteiger partial charge on any atom is -0.394 e. The predicted molar refractivity (Wildman–Crippen MR) is 218 cm³/mol. The maximum atomic E-state index is 14.9. The Kier molecular flexibility index (Phi) is 15.2. The van der Waals surface area contributed by atoms with E-state index in [-0.39, 0.29) is 33.0 Å². The molecular formula is C34H64N9O13P3. The monoisotopic (exact) mass is 899 g/mol. The van der Waals surface area contributed by atoms with Crippen LogP contribution in [0, 0.1) is 0 Å². The standard InChI is InChI=1S/C34H64N9O13P3/c1-34(2,3)56-59(47,37-33-42(8)17-18-43(33)9)55-27-12-21-50-30(27)24-52-58(46,36-32-40(6)15-16-41(32)7)54-26-11-20-49-29(26)23-51-57(45,35-31-38(4)13-14-39(31)5)53-25-10-19-48-28(25)22-44/h25-30,44H,10-24H2,1-9H3. The highest BCUT2D eigenvalue weighted by molar-refractivity contribution is 7.53. The number of ether oxygens (including phenoxy) is 3. The number of rotatable bonds is 17. The van der Waals surface area contributed by atoms with E-state index in [0.717, 1.165) is 0 Å². The second-order valence-electron chi connectivity index (χ2n) is 16.6. The van der Waals surface area contributed by atoms with E-state index in [2.05, 4.69) is 14.3 Å². The lowest BCUT2D eigenvalue weighted by Crippen LogP contribution is -2.33. The van der Waals surface area contributed by atoms with Crippen LogP contribution in [0.3, 0.4) is 0 Å². The summed E-state index contributed by atoms with van der Waals surface area (Å²) < 4.78 is 111. The van der Waals surface area contributed by atoms with Gasteiger partial charge < -0.3 is 48.7 Å². The van der Waals surface area contributed by atoms with Gasteiger partial charge in [0.25, 0.3) is 0 Å². The molecule has 6 aliphatic heterocycles. The van der Waals surface area contributed by atoms with Crippen LogP contribution in [-0.2, 0) is 55.0 Å². The lowest BCUT2D eigenvalue weighted by molar-refractivity contribution is -0.0140. The number of likely N-dealkylation sites (N-methyl/N-ethyl adjacent to an activating group) is 6. The van der Waals surface area contributed by atoms with Crippen LogP contribution in [0.5, 0.6) is 0 Å². The van der Waals surface area contributed by atoms with Crippen molar-refractivity contribution in [1.29, 1.82) is 0 Å².